The van der Waals surface area contributed by atoms with E-state index in [4.69, 9.17) is 9.97 Å². The highest BCUT2D eigenvalue weighted by molar-refractivity contribution is 6.12. The lowest BCUT2D eigenvalue weighted by atomic mass is 9.97. The molecule has 0 saturated heterocycles. The zero-order valence-electron chi connectivity index (χ0n) is 41.6. The first-order valence-electron chi connectivity index (χ1n) is 25.0. The van der Waals surface area contributed by atoms with E-state index in [-0.39, 0.29) is 0 Å². The predicted molar refractivity (Wildman–Crippen MR) is 305 cm³/mol. The molecular weight excluding hydrogens is 873 g/mol. The number of hydrogen-bond acceptors (Lipinski definition) is 2. The van der Waals surface area contributed by atoms with Crippen LogP contribution in [0.25, 0.3) is 117 Å². The van der Waals surface area contributed by atoms with Crippen molar-refractivity contribution < 1.29 is 0 Å². The number of aromatic nitrogens is 4. The Morgan fingerprint density at radius 3 is 1.58 bits per heavy atom. The van der Waals surface area contributed by atoms with Gasteiger partial charge in [0.1, 0.15) is 0 Å². The Bertz CT molecular complexity index is 4160. The summed E-state index contributed by atoms with van der Waals surface area (Å²) in [4.78, 5) is 10.5. The largest absolute Gasteiger partial charge is 0.309 e. The number of para-hydroxylation sites is 2. The van der Waals surface area contributed by atoms with Gasteiger partial charge in [-0.25, -0.2) is 9.97 Å². The number of allylic oxidation sites excluding steroid dienone is 4. The Morgan fingerprint density at radius 1 is 0.403 bits per heavy atom. The molecule has 4 nitrogen and oxygen atoms in total. The topological polar surface area (TPSA) is 35.6 Å². The smallest absolute Gasteiger partial charge is 0.160 e. The monoisotopic (exact) mass is 926 g/mol. The summed E-state index contributed by atoms with van der Waals surface area (Å²) in [5.74, 6) is 0.689. The highest BCUT2D eigenvalue weighted by Gasteiger charge is 2.21. The molecule has 346 valence electrons. The molecule has 0 aliphatic carbocycles. The average molecular weight is 927 g/mol. The first-order chi connectivity index (χ1) is 35.2. The van der Waals surface area contributed by atoms with Crippen LogP contribution in [-0.4, -0.2) is 19.1 Å². The minimum atomic E-state index is 0.689. The van der Waals surface area contributed by atoms with Gasteiger partial charge >= 0.3 is 0 Å². The zero-order valence-corrected chi connectivity index (χ0v) is 41.6. The second kappa shape index (κ2) is 18.1. The highest BCUT2D eigenvalue weighted by Crippen LogP contribution is 2.42. The van der Waals surface area contributed by atoms with Gasteiger partial charge < -0.3 is 9.13 Å². The average Bonchev–Trinajstić information content (AvgIpc) is 3.92. The molecule has 12 rings (SSSR count). The van der Waals surface area contributed by atoms with Crippen LogP contribution < -0.4 is 0 Å². The Hall–Kier alpha value is -8.86. The van der Waals surface area contributed by atoms with Gasteiger partial charge in [0.25, 0.3) is 0 Å². The summed E-state index contributed by atoms with van der Waals surface area (Å²) in [6.07, 6.45) is 6.30. The van der Waals surface area contributed by atoms with Crippen molar-refractivity contribution in [2.75, 3.05) is 0 Å². The van der Waals surface area contributed by atoms with Gasteiger partial charge in [0.05, 0.1) is 39.1 Å². The molecule has 0 unspecified atom stereocenters. The van der Waals surface area contributed by atoms with Crippen LogP contribution in [0.15, 0.2) is 218 Å². The lowest BCUT2D eigenvalue weighted by Crippen LogP contribution is -2.01. The van der Waals surface area contributed by atoms with Crippen LogP contribution in [0, 0.1) is 27.7 Å². The van der Waals surface area contributed by atoms with Crippen molar-refractivity contribution in [1.82, 2.24) is 19.1 Å². The fourth-order valence-corrected chi connectivity index (χ4v) is 11.0. The summed E-state index contributed by atoms with van der Waals surface area (Å²) in [6, 6.07) is 73.4. The number of rotatable bonds is 9. The summed E-state index contributed by atoms with van der Waals surface area (Å²) in [7, 11) is 0. The van der Waals surface area contributed by atoms with Crippen LogP contribution in [0.3, 0.4) is 0 Å². The quantitative estimate of drug-likeness (QED) is 0.135. The second-order valence-electron chi connectivity index (χ2n) is 19.2. The van der Waals surface area contributed by atoms with Crippen molar-refractivity contribution in [1.29, 1.82) is 0 Å². The van der Waals surface area contributed by atoms with E-state index in [1.807, 2.05) is 25.1 Å². The molecule has 0 amide bonds. The zero-order chi connectivity index (χ0) is 49.0. The lowest BCUT2D eigenvalue weighted by molar-refractivity contribution is 1.15. The Labute approximate surface area is 421 Å². The van der Waals surface area contributed by atoms with E-state index in [0.29, 0.717) is 5.82 Å². The number of benzene rings is 9. The number of aryl methyl sites for hydroxylation is 4. The molecule has 3 aromatic heterocycles. The molecule has 0 spiro atoms. The SMILES string of the molecule is C/C=C\C(=C/C)c1cc(-c2ccc(-n3c4ccccc4c4cc(-c5ccc(C)cc5C)ccc43)c(-c3cccc(-n4c5ccccc5c5cc(-c6ccc(C)cc6C)ccc54)c3)c2)nc(-c2ccccc2)n1. The van der Waals surface area contributed by atoms with Gasteiger partial charge in [0.15, 0.2) is 5.82 Å². The summed E-state index contributed by atoms with van der Waals surface area (Å²) >= 11 is 0. The van der Waals surface area contributed by atoms with E-state index in [0.717, 1.165) is 61.6 Å². The third-order valence-corrected chi connectivity index (χ3v) is 14.4. The first kappa shape index (κ1) is 44.4. The molecule has 3 heterocycles. The molecule has 9 aromatic carbocycles. The lowest BCUT2D eigenvalue weighted by Gasteiger charge is -2.18. The maximum Gasteiger partial charge on any atom is 0.160 e. The third-order valence-electron chi connectivity index (χ3n) is 14.4. The third kappa shape index (κ3) is 7.73. The standard InChI is InChI=1S/C68H54N4/c1-7-17-47(8-2)61-42-62(70-68(69-61)48-18-10-9-11-19-48)52-30-35-65(72-64-25-15-13-23-57(64)60-40-51(29-34-67(60)72)55-32-27-44(4)37-46(55)6)58(41-52)49-20-16-21-53(38-49)71-63-24-14-12-22-56(63)59-39-50(28-33-66(59)71)54-31-26-43(3)36-45(54)5/h7-42H,1-6H3/b17-7-,47-8+. The van der Waals surface area contributed by atoms with E-state index in [2.05, 4.69) is 244 Å². The van der Waals surface area contributed by atoms with Crippen LogP contribution in [0.2, 0.25) is 0 Å². The van der Waals surface area contributed by atoms with Crippen molar-refractivity contribution in [2.24, 2.45) is 0 Å². The van der Waals surface area contributed by atoms with E-state index in [1.165, 1.54) is 77.1 Å². The summed E-state index contributed by atoms with van der Waals surface area (Å²) in [5, 5.41) is 4.89. The molecule has 0 bridgehead atoms. The van der Waals surface area contributed by atoms with Crippen molar-refractivity contribution in [3.05, 3.63) is 246 Å². The normalized spacial score (nSPS) is 12.1. The van der Waals surface area contributed by atoms with Crippen LogP contribution in [0.1, 0.15) is 41.8 Å². The van der Waals surface area contributed by atoms with Gasteiger partial charge in [0, 0.05) is 43.9 Å². The van der Waals surface area contributed by atoms with Crippen LogP contribution >= 0.6 is 0 Å². The van der Waals surface area contributed by atoms with Gasteiger partial charge in [0.2, 0.25) is 0 Å². The highest BCUT2D eigenvalue weighted by atomic mass is 15.0. The van der Waals surface area contributed by atoms with Crippen LogP contribution in [-0.2, 0) is 0 Å². The predicted octanol–water partition coefficient (Wildman–Crippen LogP) is 18.2. The second-order valence-corrected chi connectivity index (χ2v) is 19.2. The van der Waals surface area contributed by atoms with Gasteiger partial charge in [-0.1, -0.05) is 163 Å². The molecule has 12 aromatic rings. The molecular formula is C68H54N4. The van der Waals surface area contributed by atoms with Gasteiger partial charge in [-0.05, 0) is 153 Å². The number of nitrogens with zero attached hydrogens (tertiary/aromatic N) is 4. The Morgan fingerprint density at radius 2 is 0.958 bits per heavy atom. The summed E-state index contributed by atoms with van der Waals surface area (Å²) in [5.41, 5.74) is 23.8. The fraction of sp³-hybridized carbons (Fsp3) is 0.0882. The minimum absolute atomic E-state index is 0.689. The van der Waals surface area contributed by atoms with Gasteiger partial charge in [-0.3, -0.25) is 0 Å². The molecule has 0 aliphatic heterocycles. The van der Waals surface area contributed by atoms with Gasteiger partial charge in [-0.2, -0.15) is 0 Å². The first-order valence-corrected chi connectivity index (χ1v) is 25.0. The Kier molecular flexibility index (Phi) is 11.2. The molecule has 72 heavy (non-hydrogen) atoms. The number of fused-ring (bicyclic) bond motifs is 6. The van der Waals surface area contributed by atoms with E-state index < -0.39 is 0 Å². The number of hydrogen-bond donors (Lipinski definition) is 0. The van der Waals surface area contributed by atoms with Gasteiger partial charge in [-0.15, -0.1) is 0 Å². The maximum absolute atomic E-state index is 5.32. The van der Waals surface area contributed by atoms with Crippen LogP contribution in [0.5, 0.6) is 0 Å². The fourth-order valence-electron chi connectivity index (χ4n) is 11.0. The molecule has 0 N–H and O–H groups in total. The minimum Gasteiger partial charge on any atom is -0.309 e. The van der Waals surface area contributed by atoms with Crippen molar-refractivity contribution in [3.63, 3.8) is 0 Å². The van der Waals surface area contributed by atoms with E-state index in [1.54, 1.807) is 0 Å². The van der Waals surface area contributed by atoms with E-state index >= 15 is 0 Å². The van der Waals surface area contributed by atoms with Crippen molar-refractivity contribution >= 4 is 49.2 Å². The van der Waals surface area contributed by atoms with Crippen molar-refractivity contribution in [2.45, 2.75) is 41.5 Å². The Balaban J connectivity index is 1.10. The molecule has 0 radical (unpaired) electrons. The summed E-state index contributed by atoms with van der Waals surface area (Å²) in [6.45, 7) is 12.9. The summed E-state index contributed by atoms with van der Waals surface area (Å²) < 4.78 is 4.89. The maximum atomic E-state index is 5.32. The molecule has 0 atom stereocenters. The van der Waals surface area contributed by atoms with Crippen LogP contribution in [0.4, 0.5) is 0 Å². The molecule has 0 saturated carbocycles. The molecule has 0 aliphatic rings. The van der Waals surface area contributed by atoms with Crippen molar-refractivity contribution in [3.8, 4) is 67.4 Å². The molecule has 4 heteroatoms. The molecule has 0 fully saturated rings. The van der Waals surface area contributed by atoms with E-state index in [9.17, 15) is 0 Å².